The Kier molecular flexibility index (Phi) is 6.82. The molecule has 0 spiro atoms. The average molecular weight is 358 g/mol. The Bertz CT molecular complexity index is 910. The first kappa shape index (κ1) is 18.9. The molecular weight excluding hydrogens is 332 g/mol. The molecule has 0 fully saturated rings. The molecule has 0 unspecified atom stereocenters. The summed E-state index contributed by atoms with van der Waals surface area (Å²) >= 11 is 0. The van der Waals surface area contributed by atoms with Crippen LogP contribution in [-0.2, 0) is 0 Å². The molecule has 0 bridgehead atoms. The molecule has 2 aromatic carbocycles. The number of ether oxygens (including phenoxy) is 1. The summed E-state index contributed by atoms with van der Waals surface area (Å²) in [6.07, 6.45) is 9.24. The van der Waals surface area contributed by atoms with Crippen LogP contribution >= 0.6 is 0 Å². The molecule has 1 aromatic heterocycles. The minimum atomic E-state index is 0.576. The van der Waals surface area contributed by atoms with Crippen LogP contribution in [-0.4, -0.2) is 11.6 Å². The van der Waals surface area contributed by atoms with Crippen LogP contribution in [0.3, 0.4) is 0 Å². The van der Waals surface area contributed by atoms with E-state index in [-0.39, 0.29) is 0 Å². The lowest BCUT2D eigenvalue weighted by Crippen LogP contribution is -1.97. The lowest BCUT2D eigenvalue weighted by Gasteiger charge is -2.08. The van der Waals surface area contributed by atoms with Crippen molar-refractivity contribution in [3.05, 3.63) is 60.3 Å². The second kappa shape index (κ2) is 9.73. The van der Waals surface area contributed by atoms with Gasteiger partial charge < -0.3 is 4.74 Å². The number of nitrogens with zero attached hydrogens (tertiary/aromatic N) is 2. The molecule has 0 radical (unpaired) electrons. The van der Waals surface area contributed by atoms with Crippen molar-refractivity contribution < 1.29 is 4.74 Å². The van der Waals surface area contributed by atoms with E-state index < -0.39 is 0 Å². The van der Waals surface area contributed by atoms with Crippen LogP contribution in [0.25, 0.3) is 22.0 Å². The third-order valence-electron chi connectivity index (χ3n) is 4.77. The Labute approximate surface area is 161 Å². The second-order valence-corrected chi connectivity index (χ2v) is 6.88. The van der Waals surface area contributed by atoms with E-state index in [0.717, 1.165) is 40.8 Å². The van der Waals surface area contributed by atoms with Gasteiger partial charge in [0.2, 0.25) is 0 Å². The first-order valence-electron chi connectivity index (χ1n) is 9.83. The summed E-state index contributed by atoms with van der Waals surface area (Å²) in [6, 6.07) is 18.3. The van der Waals surface area contributed by atoms with Gasteiger partial charge in [0, 0.05) is 11.8 Å². The van der Waals surface area contributed by atoms with E-state index in [1.807, 2.05) is 12.1 Å². The molecule has 27 heavy (non-hydrogen) atoms. The second-order valence-electron chi connectivity index (χ2n) is 6.88. The zero-order valence-corrected chi connectivity index (χ0v) is 15.9. The van der Waals surface area contributed by atoms with E-state index in [2.05, 4.69) is 48.3 Å². The fourth-order valence-electron chi connectivity index (χ4n) is 3.18. The number of rotatable bonds is 9. The van der Waals surface area contributed by atoms with Gasteiger partial charge in [0.1, 0.15) is 11.8 Å². The van der Waals surface area contributed by atoms with Gasteiger partial charge in [-0.15, -0.1) is 0 Å². The third kappa shape index (κ3) is 5.31. The van der Waals surface area contributed by atoms with E-state index >= 15 is 0 Å². The number of hydrogen-bond donors (Lipinski definition) is 0. The zero-order valence-electron chi connectivity index (χ0n) is 15.9. The number of unbranched alkanes of at least 4 members (excludes halogenated alkanes) is 5. The monoisotopic (exact) mass is 358 g/mol. The van der Waals surface area contributed by atoms with Crippen molar-refractivity contribution in [2.45, 2.75) is 45.4 Å². The molecule has 0 amide bonds. The van der Waals surface area contributed by atoms with Crippen molar-refractivity contribution >= 4 is 10.8 Å². The molecule has 138 valence electrons. The molecule has 3 rings (SSSR count). The molecule has 0 saturated carbocycles. The smallest absolute Gasteiger partial charge is 0.119 e. The minimum Gasteiger partial charge on any atom is -0.494 e. The number of aromatic nitrogens is 1. The Morgan fingerprint density at radius 1 is 0.889 bits per heavy atom. The van der Waals surface area contributed by atoms with Gasteiger partial charge in [-0.2, -0.15) is 5.26 Å². The topological polar surface area (TPSA) is 45.9 Å². The molecule has 0 atom stereocenters. The first-order valence-corrected chi connectivity index (χ1v) is 9.83. The van der Waals surface area contributed by atoms with Crippen LogP contribution in [0.5, 0.6) is 5.75 Å². The van der Waals surface area contributed by atoms with Crippen LogP contribution in [0.4, 0.5) is 0 Å². The summed E-state index contributed by atoms with van der Waals surface area (Å²) in [6.45, 7) is 3.03. The lowest BCUT2D eigenvalue weighted by atomic mass is 10.0. The first-order chi connectivity index (χ1) is 13.3. The van der Waals surface area contributed by atoms with Gasteiger partial charge in [-0.3, -0.25) is 4.98 Å². The van der Waals surface area contributed by atoms with Gasteiger partial charge >= 0.3 is 0 Å². The lowest BCUT2D eigenvalue weighted by molar-refractivity contribution is 0.305. The number of benzene rings is 2. The molecule has 0 N–H and O–H groups in total. The highest BCUT2D eigenvalue weighted by Gasteiger charge is 2.03. The molecule has 3 nitrogen and oxygen atoms in total. The minimum absolute atomic E-state index is 0.576. The maximum absolute atomic E-state index is 8.89. The van der Waals surface area contributed by atoms with Gasteiger partial charge in [-0.25, -0.2) is 0 Å². The Morgan fingerprint density at radius 3 is 2.44 bits per heavy atom. The van der Waals surface area contributed by atoms with Gasteiger partial charge in [-0.1, -0.05) is 57.2 Å². The largest absolute Gasteiger partial charge is 0.494 e. The summed E-state index contributed by atoms with van der Waals surface area (Å²) in [5.74, 6) is 0.931. The third-order valence-corrected chi connectivity index (χ3v) is 4.77. The maximum Gasteiger partial charge on any atom is 0.119 e. The summed E-state index contributed by atoms with van der Waals surface area (Å²) < 4.78 is 5.92. The van der Waals surface area contributed by atoms with Crippen LogP contribution < -0.4 is 4.74 Å². The fourth-order valence-corrected chi connectivity index (χ4v) is 3.18. The van der Waals surface area contributed by atoms with E-state index in [0.29, 0.717) is 5.56 Å². The molecular formula is C24H26N2O. The van der Waals surface area contributed by atoms with Crippen molar-refractivity contribution in [3.63, 3.8) is 0 Å². The summed E-state index contributed by atoms with van der Waals surface area (Å²) in [7, 11) is 0. The van der Waals surface area contributed by atoms with Crippen LogP contribution in [0.2, 0.25) is 0 Å². The van der Waals surface area contributed by atoms with E-state index in [4.69, 9.17) is 10.00 Å². The maximum atomic E-state index is 8.89. The molecule has 3 heteroatoms. The summed E-state index contributed by atoms with van der Waals surface area (Å²) in [5, 5.41) is 11.2. The van der Waals surface area contributed by atoms with Crippen LogP contribution in [0.15, 0.2) is 54.7 Å². The number of pyridine rings is 1. The highest BCUT2D eigenvalue weighted by Crippen LogP contribution is 2.26. The van der Waals surface area contributed by atoms with Gasteiger partial charge in [-0.05, 0) is 47.5 Å². The molecule has 3 aromatic rings. The number of fused-ring (bicyclic) bond motifs is 1. The molecule has 0 saturated heterocycles. The quantitative estimate of drug-likeness (QED) is 0.409. The Balaban J connectivity index is 1.60. The highest BCUT2D eigenvalue weighted by atomic mass is 16.5. The zero-order chi connectivity index (χ0) is 18.9. The van der Waals surface area contributed by atoms with E-state index in [1.165, 1.54) is 32.1 Å². The number of hydrogen-bond acceptors (Lipinski definition) is 3. The molecule has 0 aliphatic carbocycles. The predicted octanol–water partition coefficient (Wildman–Crippen LogP) is 6.51. The van der Waals surface area contributed by atoms with E-state index in [9.17, 15) is 0 Å². The van der Waals surface area contributed by atoms with Crippen molar-refractivity contribution in [3.8, 4) is 23.1 Å². The van der Waals surface area contributed by atoms with Crippen molar-refractivity contribution in [2.75, 3.05) is 6.61 Å². The van der Waals surface area contributed by atoms with Crippen molar-refractivity contribution in [2.24, 2.45) is 0 Å². The summed E-state index contributed by atoms with van der Waals surface area (Å²) in [4.78, 5) is 4.37. The SMILES string of the molecule is CCCCCCCCOc1ccc2cc(-c3ccc(C#N)cn3)ccc2c1. The van der Waals surface area contributed by atoms with Crippen molar-refractivity contribution in [1.29, 1.82) is 5.26 Å². The molecule has 0 aliphatic rings. The van der Waals surface area contributed by atoms with Gasteiger partial charge in [0.25, 0.3) is 0 Å². The molecule has 0 aliphatic heterocycles. The molecule has 1 heterocycles. The van der Waals surface area contributed by atoms with Crippen LogP contribution in [0, 0.1) is 11.3 Å². The number of nitriles is 1. The van der Waals surface area contributed by atoms with Gasteiger partial charge in [0.15, 0.2) is 0 Å². The summed E-state index contributed by atoms with van der Waals surface area (Å²) in [5.41, 5.74) is 2.50. The highest BCUT2D eigenvalue weighted by molar-refractivity contribution is 5.87. The van der Waals surface area contributed by atoms with Crippen LogP contribution in [0.1, 0.15) is 51.0 Å². The van der Waals surface area contributed by atoms with E-state index in [1.54, 1.807) is 12.3 Å². The van der Waals surface area contributed by atoms with Gasteiger partial charge in [0.05, 0.1) is 17.9 Å². The fraction of sp³-hybridized carbons (Fsp3) is 0.333. The average Bonchev–Trinajstić information content (AvgIpc) is 2.72. The normalized spacial score (nSPS) is 10.7. The standard InChI is InChI=1S/C24H26N2O/c1-2-3-4-5-6-7-14-27-23-12-11-20-15-22(10-9-21(20)16-23)24-13-8-19(17-25)18-26-24/h8-13,15-16,18H,2-7,14H2,1H3. The van der Waals surface area contributed by atoms with Crippen molar-refractivity contribution in [1.82, 2.24) is 4.98 Å². The predicted molar refractivity (Wildman–Crippen MR) is 111 cm³/mol. The Morgan fingerprint density at radius 2 is 1.67 bits per heavy atom. The Hall–Kier alpha value is -2.86.